The molecule has 5 heteroatoms. The zero-order valence-electron chi connectivity index (χ0n) is 13.5. The number of carbonyl (C=O) groups excluding carboxylic acids is 1. The second-order valence-electron chi connectivity index (χ2n) is 5.84. The molecule has 0 saturated carbocycles. The Kier molecular flexibility index (Phi) is 6.05. The summed E-state index contributed by atoms with van der Waals surface area (Å²) in [6.07, 6.45) is 0. The Hall–Kier alpha value is -1.55. The third kappa shape index (κ3) is 4.71. The highest BCUT2D eigenvalue weighted by molar-refractivity contribution is 6.42. The number of carbonyl (C=O) groups is 1. The van der Waals surface area contributed by atoms with Crippen molar-refractivity contribution in [3.8, 4) is 0 Å². The van der Waals surface area contributed by atoms with E-state index in [4.69, 9.17) is 23.2 Å². The van der Waals surface area contributed by atoms with E-state index in [1.807, 2.05) is 51.2 Å². The van der Waals surface area contributed by atoms with Crippen LogP contribution in [0.3, 0.4) is 0 Å². The number of likely N-dealkylation sites (N-methyl/N-ethyl adjacent to an activating group) is 1. The van der Waals surface area contributed by atoms with Gasteiger partial charge in [0, 0.05) is 11.3 Å². The molecule has 0 spiro atoms. The Balaban J connectivity index is 1.99. The maximum absolute atomic E-state index is 12.3. The molecule has 0 aliphatic carbocycles. The smallest absolute Gasteiger partial charge is 0.279 e. The number of rotatable bonds is 5. The van der Waals surface area contributed by atoms with E-state index >= 15 is 0 Å². The van der Waals surface area contributed by atoms with Crippen LogP contribution in [-0.4, -0.2) is 19.5 Å². The number of halogens is 2. The molecular weight excluding hydrogens is 331 g/mol. The molecule has 0 heterocycles. The molecule has 2 rings (SSSR count). The molecule has 0 aliphatic rings. The molecule has 1 atom stereocenters. The van der Waals surface area contributed by atoms with Crippen LogP contribution in [0.4, 0.5) is 5.69 Å². The van der Waals surface area contributed by atoms with Crippen LogP contribution in [-0.2, 0) is 11.3 Å². The third-order valence-electron chi connectivity index (χ3n) is 3.73. The van der Waals surface area contributed by atoms with Crippen molar-refractivity contribution < 1.29 is 9.69 Å². The van der Waals surface area contributed by atoms with E-state index in [1.165, 1.54) is 0 Å². The molecule has 0 aliphatic heterocycles. The summed E-state index contributed by atoms with van der Waals surface area (Å²) < 4.78 is 0. The zero-order chi connectivity index (χ0) is 17.0. The van der Waals surface area contributed by atoms with E-state index in [0.717, 1.165) is 27.3 Å². The molecular formula is C18H21Cl2N2O+. The fourth-order valence-electron chi connectivity index (χ4n) is 2.54. The van der Waals surface area contributed by atoms with Gasteiger partial charge in [-0.15, -0.1) is 0 Å². The molecule has 2 aromatic rings. The highest BCUT2D eigenvalue weighted by Crippen LogP contribution is 2.24. The van der Waals surface area contributed by atoms with Gasteiger partial charge in [0.1, 0.15) is 6.54 Å². The van der Waals surface area contributed by atoms with E-state index < -0.39 is 0 Å². The van der Waals surface area contributed by atoms with Crippen LogP contribution in [0.5, 0.6) is 0 Å². The molecule has 2 aromatic carbocycles. The summed E-state index contributed by atoms with van der Waals surface area (Å²) in [5.74, 6) is -0.0157. The number of nitrogens with one attached hydrogen (secondary N) is 2. The predicted molar refractivity (Wildman–Crippen MR) is 96.5 cm³/mol. The summed E-state index contributed by atoms with van der Waals surface area (Å²) in [5.41, 5.74) is 3.96. The largest absolute Gasteiger partial charge is 0.326 e. The number of anilines is 1. The summed E-state index contributed by atoms with van der Waals surface area (Å²) in [7, 11) is 1.96. The maximum atomic E-state index is 12.3. The first-order chi connectivity index (χ1) is 10.9. The van der Waals surface area contributed by atoms with E-state index in [9.17, 15) is 4.79 Å². The Bertz CT molecular complexity index is 696. The van der Waals surface area contributed by atoms with Gasteiger partial charge in [-0.25, -0.2) is 0 Å². The predicted octanol–water partition coefficient (Wildman–Crippen LogP) is 3.26. The lowest BCUT2D eigenvalue weighted by Gasteiger charge is -2.16. The van der Waals surface area contributed by atoms with Crippen molar-refractivity contribution >= 4 is 34.8 Å². The lowest BCUT2D eigenvalue weighted by molar-refractivity contribution is -0.885. The van der Waals surface area contributed by atoms with Crippen molar-refractivity contribution in [3.63, 3.8) is 0 Å². The fraction of sp³-hybridized carbons (Fsp3) is 0.278. The van der Waals surface area contributed by atoms with Crippen molar-refractivity contribution in [2.24, 2.45) is 0 Å². The van der Waals surface area contributed by atoms with E-state index in [-0.39, 0.29) is 5.91 Å². The lowest BCUT2D eigenvalue weighted by atomic mass is 10.1. The fourth-order valence-corrected chi connectivity index (χ4v) is 2.93. The van der Waals surface area contributed by atoms with Crippen LogP contribution in [0, 0.1) is 13.8 Å². The van der Waals surface area contributed by atoms with Crippen LogP contribution in [0.2, 0.25) is 10.0 Å². The minimum absolute atomic E-state index is 0.0157. The Labute approximate surface area is 147 Å². The zero-order valence-corrected chi connectivity index (χ0v) is 15.1. The minimum atomic E-state index is -0.0157. The minimum Gasteiger partial charge on any atom is -0.326 e. The standard InChI is InChI=1S/C18H20Cl2N2O/c1-12-6-4-7-13(2)18(12)21-16(23)11-22(3)10-14-8-5-9-15(19)17(14)20/h4-9H,10-11H2,1-3H3,(H,21,23)/p+1. The van der Waals surface area contributed by atoms with Crippen LogP contribution < -0.4 is 10.2 Å². The van der Waals surface area contributed by atoms with E-state index in [2.05, 4.69) is 5.32 Å². The number of aryl methyl sites for hydroxylation is 2. The number of para-hydroxylation sites is 1. The Morgan fingerprint density at radius 1 is 1.09 bits per heavy atom. The summed E-state index contributed by atoms with van der Waals surface area (Å²) in [6, 6.07) is 11.5. The normalized spacial score (nSPS) is 12.0. The second kappa shape index (κ2) is 7.82. The van der Waals surface area contributed by atoms with Gasteiger partial charge in [-0.2, -0.15) is 0 Å². The van der Waals surface area contributed by atoms with Crippen molar-refractivity contribution in [1.82, 2.24) is 0 Å². The second-order valence-corrected chi connectivity index (χ2v) is 6.62. The van der Waals surface area contributed by atoms with Crippen LogP contribution >= 0.6 is 23.2 Å². The third-order valence-corrected chi connectivity index (χ3v) is 4.59. The molecule has 1 amide bonds. The summed E-state index contributed by atoms with van der Waals surface area (Å²) in [5, 5.41) is 4.10. The van der Waals surface area contributed by atoms with Gasteiger partial charge in [0.2, 0.25) is 0 Å². The topological polar surface area (TPSA) is 33.5 Å². The van der Waals surface area contributed by atoms with Gasteiger partial charge in [0.25, 0.3) is 5.91 Å². The SMILES string of the molecule is Cc1cccc(C)c1NC(=O)C[NH+](C)Cc1cccc(Cl)c1Cl. The number of hydrogen-bond acceptors (Lipinski definition) is 1. The first kappa shape index (κ1) is 17.8. The summed E-state index contributed by atoms with van der Waals surface area (Å²) >= 11 is 12.2. The number of hydrogen-bond donors (Lipinski definition) is 2. The average molecular weight is 352 g/mol. The van der Waals surface area contributed by atoms with Gasteiger partial charge in [0.05, 0.1) is 17.1 Å². The Morgan fingerprint density at radius 3 is 2.35 bits per heavy atom. The molecule has 23 heavy (non-hydrogen) atoms. The van der Waals surface area contributed by atoms with Gasteiger partial charge in [-0.1, -0.05) is 53.5 Å². The molecule has 0 aromatic heterocycles. The van der Waals surface area contributed by atoms with Crippen molar-refractivity contribution in [2.75, 3.05) is 18.9 Å². The quantitative estimate of drug-likeness (QED) is 0.851. The summed E-state index contributed by atoms with van der Waals surface area (Å²) in [4.78, 5) is 13.3. The number of quaternary nitrogens is 1. The lowest BCUT2D eigenvalue weighted by Crippen LogP contribution is -3.08. The van der Waals surface area contributed by atoms with Crippen molar-refractivity contribution in [2.45, 2.75) is 20.4 Å². The van der Waals surface area contributed by atoms with Crippen LogP contribution in [0.1, 0.15) is 16.7 Å². The maximum Gasteiger partial charge on any atom is 0.279 e. The van der Waals surface area contributed by atoms with Crippen molar-refractivity contribution in [3.05, 3.63) is 63.1 Å². The molecule has 122 valence electrons. The van der Waals surface area contributed by atoms with Gasteiger partial charge in [-0.3, -0.25) is 4.79 Å². The molecule has 1 unspecified atom stereocenters. The molecule has 3 nitrogen and oxygen atoms in total. The molecule has 0 bridgehead atoms. The van der Waals surface area contributed by atoms with Gasteiger partial charge < -0.3 is 10.2 Å². The number of amides is 1. The summed E-state index contributed by atoms with van der Waals surface area (Å²) in [6.45, 7) is 4.98. The molecule has 2 N–H and O–H groups in total. The van der Waals surface area contributed by atoms with Crippen LogP contribution in [0.15, 0.2) is 36.4 Å². The molecule has 0 radical (unpaired) electrons. The van der Waals surface area contributed by atoms with Crippen LogP contribution in [0.25, 0.3) is 0 Å². The van der Waals surface area contributed by atoms with E-state index in [1.54, 1.807) is 6.07 Å². The highest BCUT2D eigenvalue weighted by atomic mass is 35.5. The van der Waals surface area contributed by atoms with Gasteiger partial charge >= 0.3 is 0 Å². The Morgan fingerprint density at radius 2 is 1.70 bits per heavy atom. The highest BCUT2D eigenvalue weighted by Gasteiger charge is 2.15. The average Bonchev–Trinajstić information content (AvgIpc) is 2.48. The van der Waals surface area contributed by atoms with Crippen molar-refractivity contribution in [1.29, 1.82) is 0 Å². The van der Waals surface area contributed by atoms with E-state index in [0.29, 0.717) is 23.1 Å². The first-order valence-corrected chi connectivity index (χ1v) is 8.24. The number of benzene rings is 2. The monoisotopic (exact) mass is 351 g/mol. The van der Waals surface area contributed by atoms with Gasteiger partial charge in [0.15, 0.2) is 6.54 Å². The first-order valence-electron chi connectivity index (χ1n) is 7.48. The van der Waals surface area contributed by atoms with Gasteiger partial charge in [-0.05, 0) is 31.0 Å². The molecule has 0 fully saturated rings. The molecule has 0 saturated heterocycles.